The van der Waals surface area contributed by atoms with Gasteiger partial charge in [-0.1, -0.05) is 12.1 Å². The molecule has 0 bridgehead atoms. The number of nitrogens with zero attached hydrogens (tertiary/aromatic N) is 1. The molecule has 1 heterocycles. The third kappa shape index (κ3) is 3.08. The number of hydrogen-bond donors (Lipinski definition) is 3. The summed E-state index contributed by atoms with van der Waals surface area (Å²) in [5.41, 5.74) is -0.639. The first-order chi connectivity index (χ1) is 9.80. The molecule has 21 heavy (non-hydrogen) atoms. The minimum atomic E-state index is -3.53. The van der Waals surface area contributed by atoms with E-state index in [1.165, 1.54) is 18.2 Å². The Morgan fingerprint density at radius 3 is 2.57 bits per heavy atom. The van der Waals surface area contributed by atoms with E-state index in [1.54, 1.807) is 6.07 Å². The molecule has 1 aromatic carbocycles. The summed E-state index contributed by atoms with van der Waals surface area (Å²) in [6, 6.07) is 5.81. The van der Waals surface area contributed by atoms with E-state index in [9.17, 15) is 18.0 Å². The first kappa shape index (κ1) is 14.7. The van der Waals surface area contributed by atoms with E-state index in [4.69, 9.17) is 5.11 Å². The Labute approximate surface area is 119 Å². The highest BCUT2D eigenvalue weighted by molar-refractivity contribution is 7.90. The lowest BCUT2D eigenvalue weighted by molar-refractivity contribution is 0.0686. The van der Waals surface area contributed by atoms with Crippen molar-refractivity contribution in [3.8, 4) is 0 Å². The summed E-state index contributed by atoms with van der Waals surface area (Å²) in [5.74, 6) is -2.15. The van der Waals surface area contributed by atoms with Gasteiger partial charge in [0.05, 0.1) is 16.9 Å². The van der Waals surface area contributed by atoms with Gasteiger partial charge < -0.3 is 15.4 Å². The van der Waals surface area contributed by atoms with Gasteiger partial charge in [-0.3, -0.25) is 4.79 Å². The van der Waals surface area contributed by atoms with Crippen LogP contribution in [-0.4, -0.2) is 41.6 Å². The van der Waals surface area contributed by atoms with Gasteiger partial charge in [0, 0.05) is 6.26 Å². The van der Waals surface area contributed by atoms with Crippen molar-refractivity contribution in [3.63, 3.8) is 0 Å². The number of carboxylic acids is 1. The minimum absolute atomic E-state index is 0.0596. The first-order valence-electron chi connectivity index (χ1n) is 5.68. The molecular formula is C12H11N3O5S. The molecule has 8 nitrogen and oxygen atoms in total. The molecule has 0 fully saturated rings. The molecule has 110 valence electrons. The quantitative estimate of drug-likeness (QED) is 0.764. The molecule has 0 aliphatic carbocycles. The monoisotopic (exact) mass is 309 g/mol. The van der Waals surface area contributed by atoms with Crippen molar-refractivity contribution >= 4 is 27.4 Å². The fourth-order valence-corrected chi connectivity index (χ4v) is 2.55. The van der Waals surface area contributed by atoms with Crippen LogP contribution in [0.5, 0.6) is 0 Å². The highest BCUT2D eigenvalue weighted by Crippen LogP contribution is 2.21. The number of benzene rings is 1. The number of aromatic nitrogens is 2. The van der Waals surface area contributed by atoms with Crippen LogP contribution in [0.15, 0.2) is 35.5 Å². The molecule has 3 N–H and O–H groups in total. The molecule has 0 saturated carbocycles. The van der Waals surface area contributed by atoms with Gasteiger partial charge in [-0.15, -0.1) is 0 Å². The number of hydrogen-bond acceptors (Lipinski definition) is 5. The fraction of sp³-hybridized carbons (Fsp3) is 0.0833. The van der Waals surface area contributed by atoms with Crippen LogP contribution in [0.4, 0.5) is 5.69 Å². The van der Waals surface area contributed by atoms with Crippen molar-refractivity contribution in [1.82, 2.24) is 9.97 Å². The van der Waals surface area contributed by atoms with Gasteiger partial charge in [-0.25, -0.2) is 18.2 Å². The van der Waals surface area contributed by atoms with Crippen LogP contribution in [0.2, 0.25) is 0 Å². The maximum atomic E-state index is 12.0. The van der Waals surface area contributed by atoms with E-state index >= 15 is 0 Å². The van der Waals surface area contributed by atoms with Gasteiger partial charge in [0.2, 0.25) is 0 Å². The summed E-state index contributed by atoms with van der Waals surface area (Å²) in [7, 11) is -3.53. The Balaban J connectivity index is 2.37. The summed E-state index contributed by atoms with van der Waals surface area (Å²) < 4.78 is 23.3. The first-order valence-corrected chi connectivity index (χ1v) is 7.57. The molecule has 0 unspecified atom stereocenters. The Bertz CT molecular complexity index is 810. The minimum Gasteiger partial charge on any atom is -0.477 e. The molecule has 2 rings (SSSR count). The van der Waals surface area contributed by atoms with Crippen LogP contribution in [-0.2, 0) is 9.84 Å². The van der Waals surface area contributed by atoms with Crippen molar-refractivity contribution in [1.29, 1.82) is 0 Å². The average molecular weight is 309 g/mol. The van der Waals surface area contributed by atoms with E-state index in [-0.39, 0.29) is 22.0 Å². The maximum absolute atomic E-state index is 12.0. The number of aromatic carboxylic acids is 1. The zero-order valence-electron chi connectivity index (χ0n) is 10.8. The highest BCUT2D eigenvalue weighted by Gasteiger charge is 2.21. The summed E-state index contributed by atoms with van der Waals surface area (Å²) in [4.78, 5) is 28.8. The maximum Gasteiger partial charge on any atom is 0.354 e. The van der Waals surface area contributed by atoms with Crippen LogP contribution in [0, 0.1) is 0 Å². The molecular weight excluding hydrogens is 298 g/mol. The number of imidazole rings is 1. The summed E-state index contributed by atoms with van der Waals surface area (Å²) in [6.45, 7) is 0. The number of carbonyl (C=O) groups is 2. The Morgan fingerprint density at radius 1 is 1.29 bits per heavy atom. The predicted molar refractivity (Wildman–Crippen MR) is 73.1 cm³/mol. The predicted octanol–water partition coefficient (Wildman–Crippen LogP) is 0.764. The standard InChI is InChI=1S/C12H11N3O5S/c1-21(19,20)8-5-3-2-4-7(8)15-11(16)9-10(12(17)18)14-6-13-9/h2-6H,1H3,(H,13,14)(H,15,16)(H,17,18). The van der Waals surface area contributed by atoms with E-state index in [0.29, 0.717) is 0 Å². The van der Waals surface area contributed by atoms with Gasteiger partial charge >= 0.3 is 5.97 Å². The van der Waals surface area contributed by atoms with Crippen molar-refractivity contribution in [2.24, 2.45) is 0 Å². The Kier molecular flexibility index (Phi) is 3.76. The molecule has 0 aliphatic heterocycles. The van der Waals surface area contributed by atoms with Crippen LogP contribution < -0.4 is 5.32 Å². The molecule has 0 radical (unpaired) electrons. The third-order valence-electron chi connectivity index (χ3n) is 2.60. The van der Waals surface area contributed by atoms with Crippen molar-refractivity contribution in [2.75, 3.05) is 11.6 Å². The second kappa shape index (κ2) is 5.37. The number of anilines is 1. The van der Waals surface area contributed by atoms with E-state index in [0.717, 1.165) is 12.6 Å². The second-order valence-corrected chi connectivity index (χ2v) is 6.14. The molecule has 2 aromatic rings. The third-order valence-corrected chi connectivity index (χ3v) is 3.76. The molecule has 0 spiro atoms. The molecule has 9 heteroatoms. The number of sulfone groups is 1. The number of amides is 1. The van der Waals surface area contributed by atoms with Crippen LogP contribution in [0.3, 0.4) is 0 Å². The second-order valence-electron chi connectivity index (χ2n) is 4.15. The normalized spacial score (nSPS) is 11.1. The summed E-state index contributed by atoms with van der Waals surface area (Å²) >= 11 is 0. The number of carboxylic acid groups (broad SMARTS) is 1. The van der Waals surface area contributed by atoms with Crippen molar-refractivity contribution in [3.05, 3.63) is 42.0 Å². The van der Waals surface area contributed by atoms with Crippen LogP contribution >= 0.6 is 0 Å². The lowest BCUT2D eigenvalue weighted by Crippen LogP contribution is -2.18. The number of nitrogens with one attached hydrogen (secondary N) is 2. The smallest absolute Gasteiger partial charge is 0.354 e. The van der Waals surface area contributed by atoms with Gasteiger partial charge in [-0.05, 0) is 12.1 Å². The average Bonchev–Trinajstić information content (AvgIpc) is 2.87. The molecule has 1 amide bonds. The van der Waals surface area contributed by atoms with Gasteiger partial charge in [0.25, 0.3) is 5.91 Å². The number of rotatable bonds is 4. The SMILES string of the molecule is CS(=O)(=O)c1ccccc1NC(=O)c1nc[nH]c1C(=O)O. The van der Waals surface area contributed by atoms with E-state index in [2.05, 4.69) is 15.3 Å². The van der Waals surface area contributed by atoms with Crippen molar-refractivity contribution < 1.29 is 23.1 Å². The van der Waals surface area contributed by atoms with Gasteiger partial charge in [0.1, 0.15) is 0 Å². The summed E-state index contributed by atoms with van der Waals surface area (Å²) in [6.07, 6.45) is 2.08. The van der Waals surface area contributed by atoms with Crippen LogP contribution in [0.1, 0.15) is 21.0 Å². The molecule has 0 saturated heterocycles. The van der Waals surface area contributed by atoms with Gasteiger partial charge in [-0.2, -0.15) is 0 Å². The molecule has 0 atom stereocenters. The lowest BCUT2D eigenvalue weighted by atomic mass is 10.2. The number of para-hydroxylation sites is 1. The zero-order chi connectivity index (χ0) is 15.6. The Morgan fingerprint density at radius 2 is 1.95 bits per heavy atom. The Hall–Kier alpha value is -2.68. The van der Waals surface area contributed by atoms with Gasteiger partial charge in [0.15, 0.2) is 21.2 Å². The van der Waals surface area contributed by atoms with Crippen LogP contribution in [0.25, 0.3) is 0 Å². The number of carbonyl (C=O) groups excluding carboxylic acids is 1. The lowest BCUT2D eigenvalue weighted by Gasteiger charge is -2.08. The number of H-pyrrole nitrogens is 1. The largest absolute Gasteiger partial charge is 0.477 e. The molecule has 0 aliphatic rings. The van der Waals surface area contributed by atoms with Crippen molar-refractivity contribution in [2.45, 2.75) is 4.90 Å². The zero-order valence-corrected chi connectivity index (χ0v) is 11.6. The summed E-state index contributed by atoms with van der Waals surface area (Å²) in [5, 5.41) is 11.3. The van der Waals surface area contributed by atoms with E-state index in [1.807, 2.05) is 0 Å². The molecule has 1 aromatic heterocycles. The highest BCUT2D eigenvalue weighted by atomic mass is 32.2. The van der Waals surface area contributed by atoms with E-state index < -0.39 is 21.7 Å². The fourth-order valence-electron chi connectivity index (χ4n) is 1.70. The number of aromatic amines is 1. The topological polar surface area (TPSA) is 129 Å².